The van der Waals surface area contributed by atoms with E-state index in [2.05, 4.69) is 5.32 Å². The van der Waals surface area contributed by atoms with Crippen LogP contribution in [0.5, 0.6) is 11.5 Å². The second-order valence-corrected chi connectivity index (χ2v) is 4.48. The SMILES string of the molecule is Oc1cccc(Cl)c1CNCCOc1ccccc1. The molecule has 0 aromatic heterocycles. The maximum Gasteiger partial charge on any atom is 0.121 e. The number of hydrogen-bond acceptors (Lipinski definition) is 3. The monoisotopic (exact) mass is 277 g/mol. The van der Waals surface area contributed by atoms with Gasteiger partial charge in [0.1, 0.15) is 18.1 Å². The van der Waals surface area contributed by atoms with Crippen LogP contribution < -0.4 is 10.1 Å². The number of halogens is 1. The van der Waals surface area contributed by atoms with E-state index in [0.29, 0.717) is 30.3 Å². The van der Waals surface area contributed by atoms with Gasteiger partial charge in [-0.1, -0.05) is 35.9 Å². The Labute approximate surface area is 117 Å². The fourth-order valence-corrected chi connectivity index (χ4v) is 1.93. The summed E-state index contributed by atoms with van der Waals surface area (Å²) in [6.45, 7) is 1.76. The third-order valence-corrected chi connectivity index (χ3v) is 3.04. The van der Waals surface area contributed by atoms with Gasteiger partial charge in [-0.2, -0.15) is 0 Å². The lowest BCUT2D eigenvalue weighted by Gasteiger charge is -2.09. The summed E-state index contributed by atoms with van der Waals surface area (Å²) >= 11 is 6.01. The number of phenolic OH excluding ortho intramolecular Hbond substituents is 1. The molecule has 3 nitrogen and oxygen atoms in total. The average Bonchev–Trinajstić information content (AvgIpc) is 2.42. The van der Waals surface area contributed by atoms with E-state index in [1.54, 1.807) is 18.2 Å². The van der Waals surface area contributed by atoms with Gasteiger partial charge in [0.2, 0.25) is 0 Å². The van der Waals surface area contributed by atoms with Crippen LogP contribution in [0.1, 0.15) is 5.56 Å². The Morgan fingerprint density at radius 1 is 1.05 bits per heavy atom. The van der Waals surface area contributed by atoms with Crippen LogP contribution in [0.4, 0.5) is 0 Å². The van der Waals surface area contributed by atoms with Crippen LogP contribution in [0.15, 0.2) is 48.5 Å². The highest BCUT2D eigenvalue weighted by Crippen LogP contribution is 2.24. The zero-order chi connectivity index (χ0) is 13.5. The van der Waals surface area contributed by atoms with Crippen molar-refractivity contribution < 1.29 is 9.84 Å². The van der Waals surface area contributed by atoms with Crippen molar-refractivity contribution in [1.29, 1.82) is 0 Å². The molecule has 2 rings (SSSR count). The molecule has 4 heteroatoms. The Kier molecular flexibility index (Phi) is 5.07. The Morgan fingerprint density at radius 2 is 1.84 bits per heavy atom. The number of aromatic hydroxyl groups is 1. The first kappa shape index (κ1) is 13.7. The van der Waals surface area contributed by atoms with Gasteiger partial charge in [0.15, 0.2) is 0 Å². The van der Waals surface area contributed by atoms with Crippen LogP contribution in [0.25, 0.3) is 0 Å². The van der Waals surface area contributed by atoms with Crippen molar-refractivity contribution in [2.45, 2.75) is 6.54 Å². The van der Waals surface area contributed by atoms with E-state index in [0.717, 1.165) is 5.75 Å². The number of ether oxygens (including phenoxy) is 1. The van der Waals surface area contributed by atoms with E-state index >= 15 is 0 Å². The van der Waals surface area contributed by atoms with Crippen LogP contribution in [-0.4, -0.2) is 18.3 Å². The lowest BCUT2D eigenvalue weighted by Crippen LogP contribution is -2.20. The normalized spacial score (nSPS) is 10.4. The highest BCUT2D eigenvalue weighted by Gasteiger charge is 2.04. The van der Waals surface area contributed by atoms with E-state index in [4.69, 9.17) is 16.3 Å². The number of nitrogens with one attached hydrogen (secondary N) is 1. The second kappa shape index (κ2) is 7.02. The van der Waals surface area contributed by atoms with Crippen molar-refractivity contribution in [2.24, 2.45) is 0 Å². The van der Waals surface area contributed by atoms with Crippen LogP contribution in [-0.2, 0) is 6.54 Å². The summed E-state index contributed by atoms with van der Waals surface area (Å²) in [5, 5.41) is 13.4. The molecule has 0 saturated heterocycles. The van der Waals surface area contributed by atoms with Crippen LogP contribution in [0.3, 0.4) is 0 Å². The summed E-state index contributed by atoms with van der Waals surface area (Å²) in [6, 6.07) is 14.8. The molecule has 0 fully saturated rings. The largest absolute Gasteiger partial charge is 0.508 e. The molecule has 2 N–H and O–H groups in total. The fraction of sp³-hybridized carbons (Fsp3) is 0.200. The Bertz CT molecular complexity index is 497. The zero-order valence-electron chi connectivity index (χ0n) is 10.5. The zero-order valence-corrected chi connectivity index (χ0v) is 11.2. The van der Waals surface area contributed by atoms with Crippen LogP contribution in [0, 0.1) is 0 Å². The molecule has 0 amide bonds. The third kappa shape index (κ3) is 4.16. The van der Waals surface area contributed by atoms with Crippen molar-refractivity contribution in [1.82, 2.24) is 5.32 Å². The maximum absolute atomic E-state index is 9.67. The van der Waals surface area contributed by atoms with Crippen molar-refractivity contribution in [3.63, 3.8) is 0 Å². The first-order valence-electron chi connectivity index (χ1n) is 6.12. The average molecular weight is 278 g/mol. The fourth-order valence-electron chi connectivity index (χ4n) is 1.69. The molecule has 0 aliphatic rings. The summed E-state index contributed by atoms with van der Waals surface area (Å²) in [7, 11) is 0. The van der Waals surface area contributed by atoms with Gasteiger partial charge in [0.25, 0.3) is 0 Å². The number of phenols is 1. The van der Waals surface area contributed by atoms with Gasteiger partial charge in [-0.15, -0.1) is 0 Å². The molecular weight excluding hydrogens is 262 g/mol. The molecule has 0 radical (unpaired) electrons. The molecular formula is C15H16ClNO2. The molecule has 0 aliphatic heterocycles. The summed E-state index contributed by atoms with van der Waals surface area (Å²) < 4.78 is 5.55. The maximum atomic E-state index is 9.67. The first-order chi connectivity index (χ1) is 9.27. The van der Waals surface area contributed by atoms with Gasteiger partial charge >= 0.3 is 0 Å². The third-order valence-electron chi connectivity index (χ3n) is 2.69. The smallest absolute Gasteiger partial charge is 0.121 e. The van der Waals surface area contributed by atoms with Crippen molar-refractivity contribution in [2.75, 3.05) is 13.2 Å². The molecule has 0 saturated carbocycles. The van der Waals surface area contributed by atoms with Gasteiger partial charge in [-0.05, 0) is 24.3 Å². The number of para-hydroxylation sites is 1. The van der Waals surface area contributed by atoms with Crippen LogP contribution in [0.2, 0.25) is 5.02 Å². The van der Waals surface area contributed by atoms with Gasteiger partial charge in [0.05, 0.1) is 0 Å². The minimum Gasteiger partial charge on any atom is -0.508 e. The van der Waals surface area contributed by atoms with Crippen molar-refractivity contribution in [3.8, 4) is 11.5 Å². The lowest BCUT2D eigenvalue weighted by molar-refractivity contribution is 0.313. The first-order valence-corrected chi connectivity index (χ1v) is 6.50. The predicted octanol–water partition coefficient (Wildman–Crippen LogP) is 3.21. The molecule has 0 aliphatic carbocycles. The molecule has 2 aromatic rings. The highest BCUT2D eigenvalue weighted by atomic mass is 35.5. The topological polar surface area (TPSA) is 41.5 Å². The van der Waals surface area contributed by atoms with Crippen LogP contribution >= 0.6 is 11.6 Å². The summed E-state index contributed by atoms with van der Waals surface area (Å²) in [4.78, 5) is 0. The summed E-state index contributed by atoms with van der Waals surface area (Å²) in [6.07, 6.45) is 0. The quantitative estimate of drug-likeness (QED) is 0.797. The molecule has 0 spiro atoms. The molecule has 100 valence electrons. The Balaban J connectivity index is 1.73. The van der Waals surface area contributed by atoms with E-state index in [-0.39, 0.29) is 5.75 Å². The second-order valence-electron chi connectivity index (χ2n) is 4.08. The summed E-state index contributed by atoms with van der Waals surface area (Å²) in [5.41, 5.74) is 0.712. The van der Waals surface area contributed by atoms with Gasteiger partial charge in [0, 0.05) is 23.7 Å². The van der Waals surface area contributed by atoms with Crippen molar-refractivity contribution >= 4 is 11.6 Å². The minimum atomic E-state index is 0.212. The molecule has 0 unspecified atom stereocenters. The van der Waals surface area contributed by atoms with E-state index in [1.807, 2.05) is 30.3 Å². The lowest BCUT2D eigenvalue weighted by atomic mass is 10.2. The molecule has 0 atom stereocenters. The van der Waals surface area contributed by atoms with Crippen molar-refractivity contribution in [3.05, 3.63) is 59.1 Å². The molecule has 19 heavy (non-hydrogen) atoms. The number of rotatable bonds is 6. The predicted molar refractivity (Wildman–Crippen MR) is 76.8 cm³/mol. The van der Waals surface area contributed by atoms with E-state index in [9.17, 15) is 5.11 Å². The number of benzene rings is 2. The number of hydrogen-bond donors (Lipinski definition) is 2. The minimum absolute atomic E-state index is 0.212. The summed E-state index contributed by atoms with van der Waals surface area (Å²) in [5.74, 6) is 1.06. The van der Waals surface area contributed by atoms with E-state index in [1.165, 1.54) is 0 Å². The molecule has 0 heterocycles. The molecule has 2 aromatic carbocycles. The van der Waals surface area contributed by atoms with Gasteiger partial charge < -0.3 is 15.2 Å². The Morgan fingerprint density at radius 3 is 2.58 bits per heavy atom. The standard InChI is InChI=1S/C15H16ClNO2/c16-14-7-4-8-15(18)13(14)11-17-9-10-19-12-5-2-1-3-6-12/h1-8,17-18H,9-11H2. The highest BCUT2D eigenvalue weighted by molar-refractivity contribution is 6.31. The van der Waals surface area contributed by atoms with E-state index < -0.39 is 0 Å². The Hall–Kier alpha value is -1.71. The molecule has 0 bridgehead atoms. The van der Waals surface area contributed by atoms with Gasteiger partial charge in [-0.3, -0.25) is 0 Å². The van der Waals surface area contributed by atoms with Gasteiger partial charge in [-0.25, -0.2) is 0 Å².